The van der Waals surface area contributed by atoms with E-state index in [4.69, 9.17) is 0 Å². The Balaban J connectivity index is 3.02. The highest BCUT2D eigenvalue weighted by atomic mass is 16.4. The van der Waals surface area contributed by atoms with E-state index in [1.807, 2.05) is 27.8 Å². The number of nitrogens with zero attached hydrogens (tertiary/aromatic N) is 3. The van der Waals surface area contributed by atoms with Crippen LogP contribution in [0, 0.1) is 11.3 Å². The molecule has 0 aliphatic heterocycles. The number of carbonyl (C=O) groups is 1. The standard InChI is InChI=1S/C12H21N3O2/c1-6-9-13-10(15(5)14-9)7-12(4,8(2)3)11(16)17/h8H,6-7H2,1-5H3,(H,16,17). The zero-order chi connectivity index (χ0) is 13.2. The monoisotopic (exact) mass is 239 g/mol. The van der Waals surface area contributed by atoms with E-state index in [0.717, 1.165) is 18.1 Å². The van der Waals surface area contributed by atoms with Gasteiger partial charge in [0.2, 0.25) is 0 Å². The minimum absolute atomic E-state index is 0.0433. The molecule has 17 heavy (non-hydrogen) atoms. The Bertz CT molecular complexity index is 412. The quantitative estimate of drug-likeness (QED) is 0.848. The second-order valence-electron chi connectivity index (χ2n) is 4.98. The molecule has 1 rings (SSSR count). The van der Waals surface area contributed by atoms with Gasteiger partial charge in [-0.05, 0) is 12.8 Å². The van der Waals surface area contributed by atoms with Gasteiger partial charge in [0.15, 0.2) is 5.82 Å². The molecule has 1 heterocycles. The van der Waals surface area contributed by atoms with E-state index >= 15 is 0 Å². The van der Waals surface area contributed by atoms with Gasteiger partial charge in [-0.25, -0.2) is 4.98 Å². The molecule has 1 unspecified atom stereocenters. The summed E-state index contributed by atoms with van der Waals surface area (Å²) in [5.74, 6) is 0.759. The SMILES string of the molecule is CCc1nc(CC(C)(C(=O)O)C(C)C)n(C)n1. The predicted octanol–water partition coefficient (Wildman–Crippen LogP) is 1.67. The summed E-state index contributed by atoms with van der Waals surface area (Å²) in [5, 5.41) is 13.6. The van der Waals surface area contributed by atoms with Crippen LogP contribution in [-0.2, 0) is 24.7 Å². The first-order valence-electron chi connectivity index (χ1n) is 5.93. The lowest BCUT2D eigenvalue weighted by atomic mass is 9.76. The summed E-state index contributed by atoms with van der Waals surface area (Å²) < 4.78 is 1.68. The van der Waals surface area contributed by atoms with Gasteiger partial charge in [0, 0.05) is 19.9 Å². The van der Waals surface area contributed by atoms with Crippen molar-refractivity contribution < 1.29 is 9.90 Å². The van der Waals surface area contributed by atoms with Gasteiger partial charge >= 0.3 is 5.97 Å². The van der Waals surface area contributed by atoms with Gasteiger partial charge in [-0.1, -0.05) is 20.8 Å². The molecule has 0 saturated carbocycles. The fraction of sp³-hybridized carbons (Fsp3) is 0.750. The lowest BCUT2D eigenvalue weighted by Gasteiger charge is -2.28. The number of hydrogen-bond acceptors (Lipinski definition) is 3. The molecule has 1 N–H and O–H groups in total. The van der Waals surface area contributed by atoms with Crippen LogP contribution in [0.25, 0.3) is 0 Å². The van der Waals surface area contributed by atoms with Crippen molar-refractivity contribution in [1.82, 2.24) is 14.8 Å². The third-order valence-electron chi connectivity index (χ3n) is 3.50. The summed E-state index contributed by atoms with van der Waals surface area (Å²) >= 11 is 0. The molecule has 0 aliphatic carbocycles. The third-order valence-corrected chi connectivity index (χ3v) is 3.50. The van der Waals surface area contributed by atoms with Gasteiger partial charge in [-0.2, -0.15) is 5.10 Å². The Morgan fingerprint density at radius 1 is 1.53 bits per heavy atom. The van der Waals surface area contributed by atoms with Gasteiger partial charge in [-0.15, -0.1) is 0 Å². The Labute approximate surface area is 102 Å². The van der Waals surface area contributed by atoms with E-state index in [0.29, 0.717) is 6.42 Å². The molecule has 5 nitrogen and oxygen atoms in total. The van der Waals surface area contributed by atoms with E-state index in [1.165, 1.54) is 0 Å². The van der Waals surface area contributed by atoms with Crippen LogP contribution in [0.4, 0.5) is 0 Å². The zero-order valence-electron chi connectivity index (χ0n) is 11.2. The van der Waals surface area contributed by atoms with Crippen molar-refractivity contribution in [3.05, 3.63) is 11.6 Å². The molecule has 5 heteroatoms. The van der Waals surface area contributed by atoms with Crippen molar-refractivity contribution in [3.8, 4) is 0 Å². The van der Waals surface area contributed by atoms with Crippen LogP contribution in [0.1, 0.15) is 39.3 Å². The molecule has 1 aromatic heterocycles. The number of hydrogen-bond donors (Lipinski definition) is 1. The maximum absolute atomic E-state index is 11.4. The van der Waals surface area contributed by atoms with Crippen molar-refractivity contribution in [2.45, 2.75) is 40.5 Å². The first-order valence-corrected chi connectivity index (χ1v) is 5.93. The molecule has 96 valence electrons. The van der Waals surface area contributed by atoms with Crippen LogP contribution >= 0.6 is 0 Å². The largest absolute Gasteiger partial charge is 0.481 e. The van der Waals surface area contributed by atoms with E-state index in [9.17, 15) is 9.90 Å². The highest BCUT2D eigenvalue weighted by Crippen LogP contribution is 2.31. The smallest absolute Gasteiger partial charge is 0.310 e. The summed E-state index contributed by atoms with van der Waals surface area (Å²) in [5.41, 5.74) is -0.800. The Morgan fingerprint density at radius 2 is 2.12 bits per heavy atom. The molecule has 1 aromatic rings. The minimum atomic E-state index is -0.800. The summed E-state index contributed by atoms with van der Waals surface area (Å²) in [7, 11) is 1.81. The zero-order valence-corrected chi connectivity index (χ0v) is 11.2. The molecule has 0 bridgehead atoms. The van der Waals surface area contributed by atoms with Gasteiger partial charge in [0.25, 0.3) is 0 Å². The first kappa shape index (κ1) is 13.7. The average Bonchev–Trinajstić information content (AvgIpc) is 2.58. The maximum atomic E-state index is 11.4. The minimum Gasteiger partial charge on any atom is -0.481 e. The molecule has 0 fully saturated rings. The number of carboxylic acid groups (broad SMARTS) is 1. The highest BCUT2D eigenvalue weighted by Gasteiger charge is 2.38. The fourth-order valence-electron chi connectivity index (χ4n) is 1.63. The second kappa shape index (κ2) is 4.85. The van der Waals surface area contributed by atoms with Gasteiger partial charge in [0.1, 0.15) is 5.82 Å². The number of rotatable bonds is 5. The van der Waals surface area contributed by atoms with Gasteiger partial charge in [-0.3, -0.25) is 9.48 Å². The average molecular weight is 239 g/mol. The summed E-state index contributed by atoms with van der Waals surface area (Å²) in [6.45, 7) is 7.59. The molecule has 1 atom stereocenters. The molecule has 0 aromatic carbocycles. The summed E-state index contributed by atoms with van der Waals surface area (Å²) in [4.78, 5) is 15.8. The number of aliphatic carboxylic acids is 1. The van der Waals surface area contributed by atoms with Crippen molar-refractivity contribution in [2.75, 3.05) is 0 Å². The lowest BCUT2D eigenvalue weighted by molar-refractivity contribution is -0.150. The van der Waals surface area contributed by atoms with E-state index < -0.39 is 11.4 Å². The molecular formula is C12H21N3O2. The topological polar surface area (TPSA) is 68.0 Å². The van der Waals surface area contributed by atoms with Crippen molar-refractivity contribution >= 4 is 5.97 Å². The van der Waals surface area contributed by atoms with Crippen LogP contribution in [0.5, 0.6) is 0 Å². The maximum Gasteiger partial charge on any atom is 0.310 e. The van der Waals surface area contributed by atoms with Crippen LogP contribution < -0.4 is 0 Å². The van der Waals surface area contributed by atoms with Gasteiger partial charge < -0.3 is 5.11 Å². The summed E-state index contributed by atoms with van der Waals surface area (Å²) in [6, 6.07) is 0. The highest BCUT2D eigenvalue weighted by molar-refractivity contribution is 5.74. The number of carboxylic acids is 1. The van der Waals surface area contributed by atoms with Crippen molar-refractivity contribution in [2.24, 2.45) is 18.4 Å². The molecule has 0 spiro atoms. The molecular weight excluding hydrogens is 218 g/mol. The van der Waals surface area contributed by atoms with Gasteiger partial charge in [0.05, 0.1) is 5.41 Å². The molecule has 0 aliphatic rings. The van der Waals surface area contributed by atoms with Crippen LogP contribution in [-0.4, -0.2) is 25.8 Å². The molecule has 0 radical (unpaired) electrons. The third kappa shape index (κ3) is 2.65. The van der Waals surface area contributed by atoms with Crippen LogP contribution in [0.3, 0.4) is 0 Å². The Hall–Kier alpha value is -1.39. The van der Waals surface area contributed by atoms with Crippen LogP contribution in [0.15, 0.2) is 0 Å². The van der Waals surface area contributed by atoms with Crippen LogP contribution in [0.2, 0.25) is 0 Å². The van der Waals surface area contributed by atoms with Crippen molar-refractivity contribution in [3.63, 3.8) is 0 Å². The predicted molar refractivity (Wildman–Crippen MR) is 64.7 cm³/mol. The summed E-state index contributed by atoms with van der Waals surface area (Å²) in [6.07, 6.45) is 1.17. The first-order chi connectivity index (χ1) is 7.81. The van der Waals surface area contributed by atoms with Crippen molar-refractivity contribution in [1.29, 1.82) is 0 Å². The molecule has 0 saturated heterocycles. The van der Waals surface area contributed by atoms with E-state index in [1.54, 1.807) is 11.6 Å². The Kier molecular flexibility index (Phi) is 3.91. The number of aromatic nitrogens is 3. The Morgan fingerprint density at radius 3 is 2.47 bits per heavy atom. The second-order valence-corrected chi connectivity index (χ2v) is 4.98. The van der Waals surface area contributed by atoms with E-state index in [2.05, 4.69) is 10.1 Å². The normalized spacial score (nSPS) is 14.9. The van der Waals surface area contributed by atoms with E-state index in [-0.39, 0.29) is 5.92 Å². The lowest BCUT2D eigenvalue weighted by Crippen LogP contribution is -2.36. The molecule has 0 amide bonds. The fourth-order valence-corrected chi connectivity index (χ4v) is 1.63. The number of aryl methyl sites for hydroxylation is 2.